The molecular formula is C16H22BrN3. The standard InChI is InChI=1S/C16H22BrN3/c1-4-12(2)20-10-9-14(19-20)11-18-13(3)15-7-5-6-8-16(15)17/h5-10,12-13,18H,4,11H2,1-3H3/t12?,13-/m0/s1. The van der Waals surface area contributed by atoms with Crippen LogP contribution in [0.2, 0.25) is 0 Å². The van der Waals surface area contributed by atoms with E-state index in [2.05, 4.69) is 77.6 Å². The van der Waals surface area contributed by atoms with Gasteiger partial charge in [-0.2, -0.15) is 5.10 Å². The normalized spacial score (nSPS) is 14.2. The van der Waals surface area contributed by atoms with Crippen molar-refractivity contribution in [3.8, 4) is 0 Å². The van der Waals surface area contributed by atoms with Crippen LogP contribution in [0.4, 0.5) is 0 Å². The summed E-state index contributed by atoms with van der Waals surface area (Å²) in [6.07, 6.45) is 3.16. The number of hydrogen-bond donors (Lipinski definition) is 1. The fourth-order valence-corrected chi connectivity index (χ4v) is 2.73. The minimum Gasteiger partial charge on any atom is -0.304 e. The van der Waals surface area contributed by atoms with E-state index < -0.39 is 0 Å². The lowest BCUT2D eigenvalue weighted by molar-refractivity contribution is 0.468. The van der Waals surface area contributed by atoms with Gasteiger partial charge in [-0.05, 0) is 38.0 Å². The van der Waals surface area contributed by atoms with Crippen LogP contribution in [-0.2, 0) is 6.54 Å². The third-order valence-electron chi connectivity index (χ3n) is 3.67. The predicted octanol–water partition coefficient (Wildman–Crippen LogP) is 4.47. The first-order valence-corrected chi connectivity index (χ1v) is 7.93. The molecule has 0 amide bonds. The Hall–Kier alpha value is -1.13. The van der Waals surface area contributed by atoms with Crippen molar-refractivity contribution in [2.75, 3.05) is 0 Å². The Bertz CT molecular complexity index is 550. The molecule has 0 saturated heterocycles. The Morgan fingerprint density at radius 3 is 2.70 bits per heavy atom. The molecule has 0 fully saturated rings. The molecule has 2 aromatic rings. The summed E-state index contributed by atoms with van der Waals surface area (Å²) in [6.45, 7) is 7.32. The van der Waals surface area contributed by atoms with Crippen LogP contribution in [0.3, 0.4) is 0 Å². The number of hydrogen-bond acceptors (Lipinski definition) is 2. The van der Waals surface area contributed by atoms with Gasteiger partial charge in [0.1, 0.15) is 0 Å². The molecule has 0 radical (unpaired) electrons. The lowest BCUT2D eigenvalue weighted by atomic mass is 10.1. The molecule has 1 heterocycles. The van der Waals surface area contributed by atoms with Gasteiger partial charge in [-0.25, -0.2) is 0 Å². The van der Waals surface area contributed by atoms with Crippen molar-refractivity contribution in [1.82, 2.24) is 15.1 Å². The number of benzene rings is 1. The van der Waals surface area contributed by atoms with Crippen molar-refractivity contribution in [2.45, 2.75) is 45.8 Å². The Morgan fingerprint density at radius 1 is 1.25 bits per heavy atom. The van der Waals surface area contributed by atoms with Gasteiger partial charge in [0.15, 0.2) is 0 Å². The van der Waals surface area contributed by atoms with Crippen molar-refractivity contribution in [3.63, 3.8) is 0 Å². The Morgan fingerprint density at radius 2 is 2.00 bits per heavy atom. The topological polar surface area (TPSA) is 29.9 Å². The van der Waals surface area contributed by atoms with Crippen LogP contribution in [-0.4, -0.2) is 9.78 Å². The van der Waals surface area contributed by atoms with Crippen LogP contribution in [0.1, 0.15) is 50.5 Å². The molecule has 0 bridgehead atoms. The van der Waals surface area contributed by atoms with Gasteiger partial charge >= 0.3 is 0 Å². The van der Waals surface area contributed by atoms with Gasteiger partial charge in [-0.15, -0.1) is 0 Å². The summed E-state index contributed by atoms with van der Waals surface area (Å²) in [4.78, 5) is 0. The highest BCUT2D eigenvalue weighted by molar-refractivity contribution is 9.10. The van der Waals surface area contributed by atoms with E-state index >= 15 is 0 Å². The molecule has 20 heavy (non-hydrogen) atoms. The highest BCUT2D eigenvalue weighted by Crippen LogP contribution is 2.22. The quantitative estimate of drug-likeness (QED) is 0.844. The molecular weight excluding hydrogens is 314 g/mol. The average Bonchev–Trinajstić information content (AvgIpc) is 2.93. The fourth-order valence-electron chi connectivity index (χ4n) is 2.10. The van der Waals surface area contributed by atoms with E-state index in [1.807, 2.05) is 10.7 Å². The average molecular weight is 336 g/mol. The summed E-state index contributed by atoms with van der Waals surface area (Å²) >= 11 is 3.60. The third kappa shape index (κ3) is 3.70. The van der Waals surface area contributed by atoms with E-state index in [0.717, 1.165) is 23.1 Å². The molecule has 0 aliphatic carbocycles. The highest BCUT2D eigenvalue weighted by atomic mass is 79.9. The largest absolute Gasteiger partial charge is 0.304 e. The number of nitrogens with one attached hydrogen (secondary N) is 1. The van der Waals surface area contributed by atoms with E-state index in [4.69, 9.17) is 0 Å². The lowest BCUT2D eigenvalue weighted by Crippen LogP contribution is -2.19. The smallest absolute Gasteiger partial charge is 0.0762 e. The molecule has 0 spiro atoms. The summed E-state index contributed by atoms with van der Waals surface area (Å²) in [5, 5.41) is 8.13. The number of halogens is 1. The Kier molecular flexibility index (Phi) is 5.38. The Labute approximate surface area is 129 Å². The molecule has 0 saturated carbocycles. The fraction of sp³-hybridized carbons (Fsp3) is 0.438. The van der Waals surface area contributed by atoms with E-state index in [-0.39, 0.29) is 0 Å². The maximum Gasteiger partial charge on any atom is 0.0762 e. The minimum absolute atomic E-state index is 0.291. The van der Waals surface area contributed by atoms with E-state index in [1.165, 1.54) is 5.56 Å². The van der Waals surface area contributed by atoms with Gasteiger partial charge in [-0.1, -0.05) is 41.1 Å². The molecule has 2 rings (SSSR count). The summed E-state index contributed by atoms with van der Waals surface area (Å²) in [5.74, 6) is 0. The molecule has 1 unspecified atom stereocenters. The SMILES string of the molecule is CCC(C)n1ccc(CN[C@@H](C)c2ccccc2Br)n1. The van der Waals surface area contributed by atoms with Crippen molar-refractivity contribution in [3.05, 3.63) is 52.3 Å². The van der Waals surface area contributed by atoms with Crippen LogP contribution in [0.15, 0.2) is 41.0 Å². The van der Waals surface area contributed by atoms with E-state index in [0.29, 0.717) is 12.1 Å². The van der Waals surface area contributed by atoms with Crippen molar-refractivity contribution in [1.29, 1.82) is 0 Å². The zero-order valence-electron chi connectivity index (χ0n) is 12.3. The highest BCUT2D eigenvalue weighted by Gasteiger charge is 2.09. The van der Waals surface area contributed by atoms with Gasteiger partial charge in [0.05, 0.1) is 5.69 Å². The van der Waals surface area contributed by atoms with Crippen molar-refractivity contribution >= 4 is 15.9 Å². The molecule has 108 valence electrons. The summed E-state index contributed by atoms with van der Waals surface area (Å²) in [6, 6.07) is 11.2. The number of nitrogens with zero attached hydrogens (tertiary/aromatic N) is 2. The first-order chi connectivity index (χ1) is 9.61. The first-order valence-electron chi connectivity index (χ1n) is 7.13. The summed E-state index contributed by atoms with van der Waals surface area (Å²) in [5.41, 5.74) is 2.36. The summed E-state index contributed by atoms with van der Waals surface area (Å²) in [7, 11) is 0. The molecule has 4 heteroatoms. The van der Waals surface area contributed by atoms with Crippen LogP contribution in [0.25, 0.3) is 0 Å². The summed E-state index contributed by atoms with van der Waals surface area (Å²) < 4.78 is 3.19. The number of aromatic nitrogens is 2. The molecule has 1 aromatic carbocycles. The number of rotatable bonds is 6. The van der Waals surface area contributed by atoms with Crippen LogP contribution in [0.5, 0.6) is 0 Å². The van der Waals surface area contributed by atoms with Gasteiger partial charge in [-0.3, -0.25) is 4.68 Å². The maximum absolute atomic E-state index is 4.61. The second-order valence-electron chi connectivity index (χ2n) is 5.17. The molecule has 0 aliphatic heterocycles. The molecule has 1 N–H and O–H groups in total. The van der Waals surface area contributed by atoms with Crippen LogP contribution < -0.4 is 5.32 Å². The lowest BCUT2D eigenvalue weighted by Gasteiger charge is -2.15. The van der Waals surface area contributed by atoms with Crippen molar-refractivity contribution < 1.29 is 0 Å². The second kappa shape index (κ2) is 7.04. The monoisotopic (exact) mass is 335 g/mol. The van der Waals surface area contributed by atoms with E-state index in [1.54, 1.807) is 0 Å². The second-order valence-corrected chi connectivity index (χ2v) is 6.02. The minimum atomic E-state index is 0.291. The Balaban J connectivity index is 1.95. The first kappa shape index (κ1) is 15.3. The van der Waals surface area contributed by atoms with Crippen LogP contribution >= 0.6 is 15.9 Å². The molecule has 2 atom stereocenters. The van der Waals surface area contributed by atoms with Gasteiger partial charge in [0, 0.05) is 29.3 Å². The van der Waals surface area contributed by atoms with Crippen LogP contribution in [0, 0.1) is 0 Å². The third-order valence-corrected chi connectivity index (χ3v) is 4.39. The maximum atomic E-state index is 4.61. The molecule has 3 nitrogen and oxygen atoms in total. The van der Waals surface area contributed by atoms with Gasteiger partial charge in [0.2, 0.25) is 0 Å². The predicted molar refractivity (Wildman–Crippen MR) is 86.6 cm³/mol. The zero-order chi connectivity index (χ0) is 14.5. The van der Waals surface area contributed by atoms with Gasteiger partial charge in [0.25, 0.3) is 0 Å². The van der Waals surface area contributed by atoms with Crippen molar-refractivity contribution in [2.24, 2.45) is 0 Å². The molecule has 1 aromatic heterocycles. The molecule has 0 aliphatic rings. The zero-order valence-corrected chi connectivity index (χ0v) is 13.9. The van der Waals surface area contributed by atoms with Gasteiger partial charge < -0.3 is 5.32 Å². The van der Waals surface area contributed by atoms with E-state index in [9.17, 15) is 0 Å².